The summed E-state index contributed by atoms with van der Waals surface area (Å²) in [5.41, 5.74) is 1.59. The van der Waals surface area contributed by atoms with Crippen LogP contribution in [-0.4, -0.2) is 62.0 Å². The quantitative estimate of drug-likeness (QED) is 0.528. The van der Waals surface area contributed by atoms with Crippen molar-refractivity contribution in [3.63, 3.8) is 0 Å². The zero-order chi connectivity index (χ0) is 23.7. The van der Waals surface area contributed by atoms with Crippen molar-refractivity contribution < 1.29 is 22.4 Å². The van der Waals surface area contributed by atoms with Crippen molar-refractivity contribution in [3.8, 4) is 17.2 Å². The number of nitrogens with zero attached hydrogens (tertiary/aromatic N) is 4. The monoisotopic (exact) mass is 482 g/mol. The van der Waals surface area contributed by atoms with Gasteiger partial charge in [-0.3, -0.25) is 4.79 Å². The molecule has 2 aromatic carbocycles. The SMILES string of the molecule is COc1ccccc1-c1nnc(C2CCN(S(=O)(=O)c3ccc(N4CCC(=O)C4)cc3)CC2)o1. The molecule has 0 spiro atoms. The second-order valence-corrected chi connectivity index (χ2v) is 10.5. The summed E-state index contributed by atoms with van der Waals surface area (Å²) in [6.07, 6.45) is 1.73. The van der Waals surface area contributed by atoms with E-state index in [0.29, 0.717) is 63.0 Å². The van der Waals surface area contributed by atoms with Crippen LogP contribution in [0.1, 0.15) is 31.1 Å². The van der Waals surface area contributed by atoms with Gasteiger partial charge in [-0.25, -0.2) is 8.42 Å². The minimum absolute atomic E-state index is 0.00233. The van der Waals surface area contributed by atoms with Gasteiger partial charge in [0.2, 0.25) is 15.9 Å². The number of ether oxygens (including phenoxy) is 1. The lowest BCUT2D eigenvalue weighted by Crippen LogP contribution is -2.38. The van der Waals surface area contributed by atoms with E-state index in [4.69, 9.17) is 9.15 Å². The van der Waals surface area contributed by atoms with E-state index in [1.165, 1.54) is 4.31 Å². The molecular weight excluding hydrogens is 456 g/mol. The summed E-state index contributed by atoms with van der Waals surface area (Å²) in [7, 11) is -2.01. The van der Waals surface area contributed by atoms with E-state index >= 15 is 0 Å². The van der Waals surface area contributed by atoms with Crippen LogP contribution in [0.4, 0.5) is 5.69 Å². The van der Waals surface area contributed by atoms with Crippen molar-refractivity contribution >= 4 is 21.5 Å². The smallest absolute Gasteiger partial charge is 0.251 e. The summed E-state index contributed by atoms with van der Waals surface area (Å²) in [6.45, 7) is 1.81. The van der Waals surface area contributed by atoms with Crippen molar-refractivity contribution in [1.29, 1.82) is 0 Å². The number of carbonyl (C=O) groups is 1. The molecule has 3 heterocycles. The summed E-state index contributed by atoms with van der Waals surface area (Å²) in [4.78, 5) is 13.8. The molecular formula is C24H26N4O5S. The lowest BCUT2D eigenvalue weighted by molar-refractivity contribution is -0.116. The summed E-state index contributed by atoms with van der Waals surface area (Å²) in [5, 5.41) is 8.40. The van der Waals surface area contributed by atoms with Crippen molar-refractivity contribution in [2.45, 2.75) is 30.1 Å². The average molecular weight is 483 g/mol. The van der Waals surface area contributed by atoms with Crippen LogP contribution in [0, 0.1) is 0 Å². The normalized spacial score (nSPS) is 17.9. The van der Waals surface area contributed by atoms with E-state index < -0.39 is 10.0 Å². The number of sulfonamides is 1. The van der Waals surface area contributed by atoms with Crippen LogP contribution in [0.5, 0.6) is 5.75 Å². The fourth-order valence-electron chi connectivity index (χ4n) is 4.50. The standard InChI is InChI=1S/C24H26N4O5S/c1-32-22-5-3-2-4-21(22)24-26-25-23(33-24)17-10-14-28(15-11-17)34(30,31)20-8-6-18(7-9-20)27-13-12-19(29)16-27/h2-9,17H,10-16H2,1H3. The zero-order valence-corrected chi connectivity index (χ0v) is 19.7. The maximum Gasteiger partial charge on any atom is 0.251 e. The third-order valence-corrected chi connectivity index (χ3v) is 8.36. The van der Waals surface area contributed by atoms with Crippen molar-refractivity contribution in [3.05, 3.63) is 54.4 Å². The van der Waals surface area contributed by atoms with E-state index in [1.54, 1.807) is 31.4 Å². The number of carbonyl (C=O) groups excluding carboxylic acids is 1. The molecule has 0 atom stereocenters. The number of anilines is 1. The highest BCUT2D eigenvalue weighted by Crippen LogP contribution is 2.34. The maximum atomic E-state index is 13.2. The number of piperidine rings is 1. The second-order valence-electron chi connectivity index (χ2n) is 8.53. The first kappa shape index (κ1) is 22.5. The minimum Gasteiger partial charge on any atom is -0.496 e. The van der Waals surface area contributed by atoms with Crippen molar-refractivity contribution in [1.82, 2.24) is 14.5 Å². The molecule has 1 aromatic heterocycles. The highest BCUT2D eigenvalue weighted by Gasteiger charge is 2.32. The summed E-state index contributed by atoms with van der Waals surface area (Å²) in [5.74, 6) is 1.76. The molecule has 0 aliphatic carbocycles. The molecule has 0 unspecified atom stereocenters. The van der Waals surface area contributed by atoms with Crippen molar-refractivity contribution in [2.24, 2.45) is 0 Å². The largest absolute Gasteiger partial charge is 0.496 e. The summed E-state index contributed by atoms with van der Waals surface area (Å²) >= 11 is 0. The molecule has 0 N–H and O–H groups in total. The second kappa shape index (κ2) is 9.19. The Bertz CT molecular complexity index is 1280. The Morgan fingerprint density at radius 1 is 1.00 bits per heavy atom. The van der Waals surface area contributed by atoms with Gasteiger partial charge in [0.1, 0.15) is 5.75 Å². The number of methoxy groups -OCH3 is 1. The Morgan fingerprint density at radius 2 is 1.74 bits per heavy atom. The highest BCUT2D eigenvalue weighted by atomic mass is 32.2. The van der Waals surface area contributed by atoms with Gasteiger partial charge < -0.3 is 14.1 Å². The van der Waals surface area contributed by atoms with E-state index in [1.807, 2.05) is 29.2 Å². The molecule has 2 aliphatic rings. The molecule has 0 saturated carbocycles. The van der Waals surface area contributed by atoms with Gasteiger partial charge in [-0.1, -0.05) is 12.1 Å². The van der Waals surface area contributed by atoms with Crippen LogP contribution < -0.4 is 9.64 Å². The minimum atomic E-state index is -3.60. The molecule has 2 saturated heterocycles. The van der Waals surface area contributed by atoms with Crippen molar-refractivity contribution in [2.75, 3.05) is 38.2 Å². The first-order valence-electron chi connectivity index (χ1n) is 11.3. The molecule has 0 bridgehead atoms. The third kappa shape index (κ3) is 4.30. The van der Waals surface area contributed by atoms with E-state index in [-0.39, 0.29) is 16.6 Å². The molecule has 0 radical (unpaired) electrons. The Kier molecular flexibility index (Phi) is 6.09. The summed E-state index contributed by atoms with van der Waals surface area (Å²) in [6, 6.07) is 14.2. The predicted octanol–water partition coefficient (Wildman–Crippen LogP) is 3.09. The number of para-hydroxylation sites is 1. The molecule has 2 fully saturated rings. The lowest BCUT2D eigenvalue weighted by atomic mass is 9.98. The van der Waals surface area contributed by atoms with E-state index in [2.05, 4.69) is 10.2 Å². The number of aromatic nitrogens is 2. The van der Waals surface area contributed by atoms with Gasteiger partial charge in [-0.2, -0.15) is 4.31 Å². The van der Waals surface area contributed by atoms with E-state index in [0.717, 1.165) is 11.3 Å². The van der Waals surface area contributed by atoms with Gasteiger partial charge >= 0.3 is 0 Å². The van der Waals surface area contributed by atoms with Gasteiger partial charge in [0.15, 0.2) is 5.78 Å². The predicted molar refractivity (Wildman–Crippen MR) is 125 cm³/mol. The average Bonchev–Trinajstić information content (AvgIpc) is 3.54. The van der Waals surface area contributed by atoms with Gasteiger partial charge in [0.25, 0.3) is 5.89 Å². The molecule has 34 heavy (non-hydrogen) atoms. The number of ketones is 1. The van der Waals surface area contributed by atoms with Gasteiger partial charge in [-0.15, -0.1) is 10.2 Å². The number of benzene rings is 2. The molecule has 5 rings (SSSR count). The molecule has 2 aliphatic heterocycles. The molecule has 10 heteroatoms. The Balaban J connectivity index is 1.24. The Morgan fingerprint density at radius 3 is 2.41 bits per heavy atom. The number of Topliss-reactive ketones (excluding diaryl/α,β-unsaturated/α-hetero) is 1. The fourth-order valence-corrected chi connectivity index (χ4v) is 5.97. The lowest BCUT2D eigenvalue weighted by Gasteiger charge is -2.29. The van der Waals surface area contributed by atoms with E-state index in [9.17, 15) is 13.2 Å². The van der Waals surface area contributed by atoms with Crippen LogP contribution in [0.3, 0.4) is 0 Å². The molecule has 9 nitrogen and oxygen atoms in total. The number of hydrogen-bond donors (Lipinski definition) is 0. The third-order valence-electron chi connectivity index (χ3n) is 6.45. The zero-order valence-electron chi connectivity index (χ0n) is 18.9. The maximum absolute atomic E-state index is 13.2. The van der Waals surface area contributed by atoms with Crippen LogP contribution in [0.15, 0.2) is 57.8 Å². The molecule has 0 amide bonds. The Hall–Kier alpha value is -3.24. The number of rotatable bonds is 6. The van der Waals surface area contributed by atoms with Crippen LogP contribution in [0.25, 0.3) is 11.5 Å². The van der Waals surface area contributed by atoms with Crippen LogP contribution >= 0.6 is 0 Å². The summed E-state index contributed by atoms with van der Waals surface area (Å²) < 4.78 is 39.1. The molecule has 178 valence electrons. The Labute approximate surface area is 198 Å². The van der Waals surface area contributed by atoms with Gasteiger partial charge in [-0.05, 0) is 49.2 Å². The van der Waals surface area contributed by atoms with Crippen LogP contribution in [0.2, 0.25) is 0 Å². The number of hydrogen-bond acceptors (Lipinski definition) is 8. The van der Waals surface area contributed by atoms with Gasteiger partial charge in [0, 0.05) is 37.7 Å². The van der Waals surface area contributed by atoms with Crippen LogP contribution in [-0.2, 0) is 14.8 Å². The topological polar surface area (TPSA) is 106 Å². The first-order chi connectivity index (χ1) is 16.5. The first-order valence-corrected chi connectivity index (χ1v) is 12.7. The van der Waals surface area contributed by atoms with Gasteiger partial charge in [0.05, 0.1) is 24.1 Å². The highest BCUT2D eigenvalue weighted by molar-refractivity contribution is 7.89. The fraction of sp³-hybridized carbons (Fsp3) is 0.375. The molecule has 3 aromatic rings.